The molecule has 0 spiro atoms. The lowest BCUT2D eigenvalue weighted by atomic mass is 10.4. The predicted octanol–water partition coefficient (Wildman–Crippen LogP) is 2.93. The van der Waals surface area contributed by atoms with Gasteiger partial charge >= 0.3 is 0 Å². The molecule has 0 fully saturated rings. The standard InChI is InChI=1S/C12H13Br2N3OS/c1-8-11(14)12(18)17(7-16-8)3-2-15-5-10-4-9(13)6-19-10/h4,6-7,15H,2-3,5H2,1H3. The average molecular weight is 407 g/mol. The molecule has 0 aliphatic rings. The molecule has 0 saturated carbocycles. The Hall–Kier alpha value is -0.500. The van der Waals surface area contributed by atoms with E-state index in [1.807, 2.05) is 6.92 Å². The average Bonchev–Trinajstić information content (AvgIpc) is 2.80. The van der Waals surface area contributed by atoms with E-state index in [-0.39, 0.29) is 5.56 Å². The topological polar surface area (TPSA) is 46.9 Å². The molecule has 4 nitrogen and oxygen atoms in total. The van der Waals surface area contributed by atoms with Gasteiger partial charge in [-0.3, -0.25) is 9.36 Å². The van der Waals surface area contributed by atoms with E-state index in [0.717, 1.165) is 23.3 Å². The first-order valence-electron chi connectivity index (χ1n) is 5.73. The lowest BCUT2D eigenvalue weighted by molar-refractivity contribution is 0.577. The first kappa shape index (κ1) is 14.9. The van der Waals surface area contributed by atoms with Gasteiger partial charge in [0.15, 0.2) is 0 Å². The van der Waals surface area contributed by atoms with Gasteiger partial charge in [-0.1, -0.05) is 0 Å². The van der Waals surface area contributed by atoms with Crippen LogP contribution in [0.2, 0.25) is 0 Å². The van der Waals surface area contributed by atoms with Crippen molar-refractivity contribution >= 4 is 43.2 Å². The fourth-order valence-corrected chi connectivity index (χ4v) is 3.31. The van der Waals surface area contributed by atoms with E-state index in [2.05, 4.69) is 53.6 Å². The van der Waals surface area contributed by atoms with E-state index < -0.39 is 0 Å². The zero-order valence-corrected chi connectivity index (χ0v) is 14.3. The zero-order valence-electron chi connectivity index (χ0n) is 10.3. The molecular formula is C12H13Br2N3OS. The van der Waals surface area contributed by atoms with Crippen molar-refractivity contribution in [1.82, 2.24) is 14.9 Å². The highest BCUT2D eigenvalue weighted by Crippen LogP contribution is 2.19. The Morgan fingerprint density at radius 1 is 1.47 bits per heavy atom. The molecule has 102 valence electrons. The molecule has 0 radical (unpaired) electrons. The number of rotatable bonds is 5. The summed E-state index contributed by atoms with van der Waals surface area (Å²) in [6.45, 7) is 3.96. The van der Waals surface area contributed by atoms with E-state index in [1.54, 1.807) is 22.2 Å². The fraction of sp³-hybridized carbons (Fsp3) is 0.333. The summed E-state index contributed by atoms with van der Waals surface area (Å²) < 4.78 is 3.25. The van der Waals surface area contributed by atoms with Crippen molar-refractivity contribution < 1.29 is 0 Å². The van der Waals surface area contributed by atoms with Crippen molar-refractivity contribution in [2.24, 2.45) is 0 Å². The minimum atomic E-state index is -0.0341. The van der Waals surface area contributed by atoms with Crippen LogP contribution in [-0.4, -0.2) is 16.1 Å². The van der Waals surface area contributed by atoms with Crippen LogP contribution in [0.5, 0.6) is 0 Å². The van der Waals surface area contributed by atoms with E-state index in [9.17, 15) is 4.79 Å². The van der Waals surface area contributed by atoms with Crippen LogP contribution in [0, 0.1) is 6.92 Å². The SMILES string of the molecule is Cc1ncn(CCNCc2cc(Br)cs2)c(=O)c1Br. The van der Waals surface area contributed by atoms with Crippen LogP contribution < -0.4 is 10.9 Å². The van der Waals surface area contributed by atoms with E-state index in [1.165, 1.54) is 4.88 Å². The van der Waals surface area contributed by atoms with Gasteiger partial charge in [0.1, 0.15) is 4.47 Å². The summed E-state index contributed by atoms with van der Waals surface area (Å²) in [4.78, 5) is 17.3. The van der Waals surface area contributed by atoms with Gasteiger partial charge in [-0.15, -0.1) is 11.3 Å². The molecule has 2 aromatic heterocycles. The number of nitrogens with one attached hydrogen (secondary N) is 1. The summed E-state index contributed by atoms with van der Waals surface area (Å²) in [6.07, 6.45) is 1.59. The summed E-state index contributed by atoms with van der Waals surface area (Å²) in [7, 11) is 0. The van der Waals surface area contributed by atoms with Crippen LogP contribution in [0.1, 0.15) is 10.6 Å². The Morgan fingerprint density at radius 2 is 2.26 bits per heavy atom. The number of hydrogen-bond donors (Lipinski definition) is 1. The minimum absolute atomic E-state index is 0.0341. The number of thiophene rings is 1. The summed E-state index contributed by atoms with van der Waals surface area (Å²) >= 11 is 8.39. The van der Waals surface area contributed by atoms with Gasteiger partial charge < -0.3 is 5.32 Å². The second-order valence-corrected chi connectivity index (χ2v) is 6.75. The third-order valence-corrected chi connectivity index (χ3v) is 5.22. The van der Waals surface area contributed by atoms with E-state index in [4.69, 9.17) is 0 Å². The van der Waals surface area contributed by atoms with Crippen LogP contribution >= 0.6 is 43.2 Å². The highest BCUT2D eigenvalue weighted by molar-refractivity contribution is 9.10. The first-order valence-corrected chi connectivity index (χ1v) is 8.19. The Labute approximate surface area is 132 Å². The Kier molecular flexibility index (Phi) is 5.32. The molecule has 0 saturated heterocycles. The maximum absolute atomic E-state index is 11.9. The van der Waals surface area contributed by atoms with Gasteiger partial charge in [0, 0.05) is 34.4 Å². The molecule has 2 rings (SSSR count). The van der Waals surface area contributed by atoms with Crippen LogP contribution in [0.3, 0.4) is 0 Å². The molecule has 0 aromatic carbocycles. The van der Waals surface area contributed by atoms with Gasteiger partial charge in [-0.25, -0.2) is 4.98 Å². The highest BCUT2D eigenvalue weighted by atomic mass is 79.9. The highest BCUT2D eigenvalue weighted by Gasteiger charge is 2.04. The summed E-state index contributed by atoms with van der Waals surface area (Å²) in [5.74, 6) is 0. The first-order chi connectivity index (χ1) is 9.08. The lowest BCUT2D eigenvalue weighted by Crippen LogP contribution is -2.27. The molecule has 0 aliphatic carbocycles. The van der Waals surface area contributed by atoms with Crippen molar-refractivity contribution in [3.8, 4) is 0 Å². The molecule has 0 aliphatic heterocycles. The third kappa shape index (κ3) is 3.98. The van der Waals surface area contributed by atoms with Crippen molar-refractivity contribution in [3.63, 3.8) is 0 Å². The van der Waals surface area contributed by atoms with Crippen LogP contribution in [0.4, 0.5) is 0 Å². The summed E-state index contributed by atoms with van der Waals surface area (Å²) in [5.41, 5.74) is 0.686. The Morgan fingerprint density at radius 3 is 2.95 bits per heavy atom. The minimum Gasteiger partial charge on any atom is -0.310 e. The molecule has 0 bridgehead atoms. The van der Waals surface area contributed by atoms with Crippen LogP contribution in [0.15, 0.2) is 31.5 Å². The Balaban J connectivity index is 1.86. The number of halogens is 2. The Bertz CT molecular complexity index is 624. The normalized spacial score (nSPS) is 10.9. The third-order valence-electron chi connectivity index (χ3n) is 2.61. The van der Waals surface area contributed by atoms with Gasteiger partial charge in [0.25, 0.3) is 5.56 Å². The molecule has 2 heterocycles. The molecule has 1 N–H and O–H groups in total. The molecular weight excluding hydrogens is 394 g/mol. The van der Waals surface area contributed by atoms with Crippen molar-refractivity contribution in [3.05, 3.63) is 47.6 Å². The maximum Gasteiger partial charge on any atom is 0.267 e. The quantitative estimate of drug-likeness (QED) is 0.776. The molecule has 2 aromatic rings. The number of nitrogens with zero attached hydrogens (tertiary/aromatic N) is 2. The molecule has 0 atom stereocenters. The van der Waals surface area contributed by atoms with Crippen molar-refractivity contribution in [2.75, 3.05) is 6.54 Å². The van der Waals surface area contributed by atoms with Crippen molar-refractivity contribution in [1.29, 1.82) is 0 Å². The lowest BCUT2D eigenvalue weighted by Gasteiger charge is -2.07. The largest absolute Gasteiger partial charge is 0.310 e. The van der Waals surface area contributed by atoms with Gasteiger partial charge in [0.2, 0.25) is 0 Å². The van der Waals surface area contributed by atoms with E-state index in [0.29, 0.717) is 11.0 Å². The molecule has 0 amide bonds. The zero-order chi connectivity index (χ0) is 13.8. The van der Waals surface area contributed by atoms with Gasteiger partial charge in [-0.05, 0) is 44.8 Å². The summed E-state index contributed by atoms with van der Waals surface area (Å²) in [5, 5.41) is 5.37. The van der Waals surface area contributed by atoms with Crippen molar-refractivity contribution in [2.45, 2.75) is 20.0 Å². The van der Waals surface area contributed by atoms with Gasteiger partial charge in [0.05, 0.1) is 12.0 Å². The number of hydrogen-bond acceptors (Lipinski definition) is 4. The summed E-state index contributed by atoms with van der Waals surface area (Å²) in [6, 6.07) is 2.09. The van der Waals surface area contributed by atoms with Gasteiger partial charge in [-0.2, -0.15) is 0 Å². The fourth-order valence-electron chi connectivity index (χ4n) is 1.56. The molecule has 0 unspecified atom stereocenters. The number of aryl methyl sites for hydroxylation is 1. The van der Waals surface area contributed by atoms with E-state index >= 15 is 0 Å². The van der Waals surface area contributed by atoms with Crippen LogP contribution in [-0.2, 0) is 13.1 Å². The number of aromatic nitrogens is 2. The van der Waals surface area contributed by atoms with Crippen LogP contribution in [0.25, 0.3) is 0 Å². The maximum atomic E-state index is 11.9. The smallest absolute Gasteiger partial charge is 0.267 e. The predicted molar refractivity (Wildman–Crippen MR) is 84.7 cm³/mol. The monoisotopic (exact) mass is 405 g/mol. The molecule has 19 heavy (non-hydrogen) atoms. The second-order valence-electron chi connectivity index (χ2n) is 4.05. The molecule has 7 heteroatoms. The second kappa shape index (κ2) is 6.78.